The molecule has 0 radical (unpaired) electrons. The molecule has 1 aliphatic carbocycles. The number of nitrogens with one attached hydrogen (secondary N) is 2. The Kier molecular flexibility index (Phi) is 6.75. The number of imidazole rings is 1. The van der Waals surface area contributed by atoms with E-state index in [-0.39, 0.29) is 18.2 Å². The maximum Gasteiger partial charge on any atom is 0.234 e. The molecule has 10 heteroatoms. The molecule has 0 saturated heterocycles. The number of rotatable bonds is 7. The molecule has 2 amide bonds. The molecule has 1 aromatic carbocycles. The Morgan fingerprint density at radius 3 is 2.58 bits per heavy atom. The zero-order chi connectivity index (χ0) is 25.0. The van der Waals surface area contributed by atoms with Gasteiger partial charge in [0, 0.05) is 49.6 Å². The number of amides is 2. The first-order valence-electron chi connectivity index (χ1n) is 12.3. The van der Waals surface area contributed by atoms with E-state index in [1.54, 1.807) is 6.20 Å². The third-order valence-corrected chi connectivity index (χ3v) is 6.53. The van der Waals surface area contributed by atoms with Crippen molar-refractivity contribution < 1.29 is 14.1 Å². The number of aryl methyl sites for hydroxylation is 1. The van der Waals surface area contributed by atoms with Crippen molar-refractivity contribution in [2.24, 2.45) is 0 Å². The first kappa shape index (κ1) is 23.7. The molecule has 0 aliphatic heterocycles. The molecule has 2 N–H and O–H groups in total. The summed E-state index contributed by atoms with van der Waals surface area (Å²) in [5, 5.41) is 10.2. The molecule has 4 aromatic rings. The molecular weight excluding hydrogens is 458 g/mol. The van der Waals surface area contributed by atoms with Crippen molar-refractivity contribution in [1.29, 1.82) is 0 Å². The lowest BCUT2D eigenvalue weighted by Crippen LogP contribution is -2.45. The maximum absolute atomic E-state index is 12.5. The predicted octanol–water partition coefficient (Wildman–Crippen LogP) is 4.04. The first-order valence-corrected chi connectivity index (χ1v) is 12.3. The number of benzene rings is 1. The number of anilines is 1. The van der Waals surface area contributed by atoms with Crippen molar-refractivity contribution in [3.05, 3.63) is 60.6 Å². The summed E-state index contributed by atoms with van der Waals surface area (Å²) in [5.74, 6) is 1.28. The van der Waals surface area contributed by atoms with Crippen LogP contribution in [0.5, 0.6) is 0 Å². The highest BCUT2D eigenvalue weighted by Crippen LogP contribution is 2.34. The average molecular weight is 488 g/mol. The summed E-state index contributed by atoms with van der Waals surface area (Å²) in [6.07, 6.45) is 11.9. The van der Waals surface area contributed by atoms with Crippen LogP contribution in [-0.4, -0.2) is 36.3 Å². The van der Waals surface area contributed by atoms with Crippen LogP contribution in [0.1, 0.15) is 63.6 Å². The van der Waals surface area contributed by atoms with Crippen LogP contribution in [0, 0.1) is 0 Å². The molecule has 1 fully saturated rings. The highest BCUT2D eigenvalue weighted by molar-refractivity contribution is 5.91. The molecule has 1 aliphatic rings. The van der Waals surface area contributed by atoms with Gasteiger partial charge in [-0.05, 0) is 31.0 Å². The summed E-state index contributed by atoms with van der Waals surface area (Å²) in [5.41, 5.74) is 1.85. The van der Waals surface area contributed by atoms with Gasteiger partial charge in [-0.3, -0.25) is 14.0 Å². The lowest BCUT2D eigenvalue weighted by atomic mass is 9.89. The van der Waals surface area contributed by atoms with Crippen molar-refractivity contribution in [1.82, 2.24) is 29.8 Å². The fourth-order valence-electron chi connectivity index (χ4n) is 4.76. The Morgan fingerprint density at radius 2 is 1.86 bits per heavy atom. The minimum Gasteiger partial charge on any atom is -0.343 e. The smallest absolute Gasteiger partial charge is 0.234 e. The number of fused-ring (bicyclic) bond motifs is 1. The van der Waals surface area contributed by atoms with Gasteiger partial charge in [-0.25, -0.2) is 9.97 Å². The maximum atomic E-state index is 12.5. The zero-order valence-electron chi connectivity index (χ0n) is 20.2. The summed E-state index contributed by atoms with van der Waals surface area (Å²) >= 11 is 0. The van der Waals surface area contributed by atoms with Crippen molar-refractivity contribution in [3.8, 4) is 11.3 Å². The van der Waals surface area contributed by atoms with Gasteiger partial charge in [0.2, 0.25) is 23.5 Å². The van der Waals surface area contributed by atoms with E-state index >= 15 is 0 Å². The van der Waals surface area contributed by atoms with E-state index in [1.807, 2.05) is 47.1 Å². The molecule has 0 bridgehead atoms. The number of aromatic nitrogens is 5. The number of hydrogen-bond donors (Lipinski definition) is 2. The van der Waals surface area contributed by atoms with E-state index in [9.17, 15) is 9.59 Å². The van der Waals surface area contributed by atoms with Gasteiger partial charge in [0.25, 0.3) is 0 Å². The monoisotopic (exact) mass is 487 g/mol. The topological polar surface area (TPSA) is 127 Å². The molecule has 0 unspecified atom stereocenters. The summed E-state index contributed by atoms with van der Waals surface area (Å²) in [4.78, 5) is 37.7. The van der Waals surface area contributed by atoms with Crippen molar-refractivity contribution in [3.63, 3.8) is 0 Å². The lowest BCUT2D eigenvalue weighted by molar-refractivity contribution is -0.121. The molecule has 1 saturated carbocycles. The zero-order valence-corrected chi connectivity index (χ0v) is 20.2. The van der Waals surface area contributed by atoms with Gasteiger partial charge in [0.15, 0.2) is 5.82 Å². The van der Waals surface area contributed by atoms with Crippen LogP contribution < -0.4 is 10.6 Å². The Hall–Kier alpha value is -4.08. The van der Waals surface area contributed by atoms with Crippen molar-refractivity contribution >= 4 is 23.3 Å². The van der Waals surface area contributed by atoms with Crippen LogP contribution in [-0.2, 0) is 21.5 Å². The Labute approximate surface area is 208 Å². The second-order valence-electron chi connectivity index (χ2n) is 9.27. The molecule has 0 spiro atoms. The van der Waals surface area contributed by atoms with Crippen LogP contribution >= 0.6 is 0 Å². The minimum absolute atomic E-state index is 0.105. The summed E-state index contributed by atoms with van der Waals surface area (Å²) in [6, 6.07) is 9.37. The Morgan fingerprint density at radius 1 is 1.08 bits per heavy atom. The van der Waals surface area contributed by atoms with Crippen LogP contribution in [0.4, 0.5) is 5.69 Å². The molecule has 3 heterocycles. The number of carbonyl (C=O) groups is 2. The fraction of sp³-hybridized carbons (Fsp3) is 0.385. The van der Waals surface area contributed by atoms with E-state index in [0.717, 1.165) is 49.8 Å². The molecule has 5 rings (SSSR count). The third-order valence-electron chi connectivity index (χ3n) is 6.53. The normalized spacial score (nSPS) is 15.4. The van der Waals surface area contributed by atoms with Crippen molar-refractivity contribution in [2.75, 3.05) is 5.32 Å². The second-order valence-corrected chi connectivity index (χ2v) is 9.27. The second kappa shape index (κ2) is 10.3. The Balaban J connectivity index is 1.19. The average Bonchev–Trinajstić information content (AvgIpc) is 3.46. The highest BCUT2D eigenvalue weighted by atomic mass is 16.5. The van der Waals surface area contributed by atoms with Crippen LogP contribution in [0.2, 0.25) is 0 Å². The van der Waals surface area contributed by atoms with Gasteiger partial charge >= 0.3 is 0 Å². The molecular formula is C26H29N7O3. The molecule has 36 heavy (non-hydrogen) atoms. The van der Waals surface area contributed by atoms with Crippen LogP contribution in [0.15, 0.2) is 53.4 Å². The highest BCUT2D eigenvalue weighted by Gasteiger charge is 2.38. The predicted molar refractivity (Wildman–Crippen MR) is 133 cm³/mol. The fourth-order valence-corrected chi connectivity index (χ4v) is 4.76. The van der Waals surface area contributed by atoms with Gasteiger partial charge in [-0.1, -0.05) is 43.0 Å². The minimum atomic E-state index is -0.592. The van der Waals surface area contributed by atoms with Gasteiger partial charge < -0.3 is 15.2 Å². The number of carbonyl (C=O) groups excluding carboxylic acids is 2. The summed E-state index contributed by atoms with van der Waals surface area (Å²) < 4.78 is 7.31. The number of nitrogens with zero attached hydrogens (tertiary/aromatic N) is 5. The molecule has 186 valence electrons. The van der Waals surface area contributed by atoms with Gasteiger partial charge in [0.05, 0.1) is 5.69 Å². The largest absolute Gasteiger partial charge is 0.343 e. The summed E-state index contributed by atoms with van der Waals surface area (Å²) in [7, 11) is 0. The first-order chi connectivity index (χ1) is 17.5. The van der Waals surface area contributed by atoms with Gasteiger partial charge in [-0.15, -0.1) is 0 Å². The SMILES string of the molecule is CC(=O)NC1(c2noc(CCC(=O)Nc3ccc(-c4cn5cccnc5n4)cc3)n2)CCCCCC1. The molecule has 3 aromatic heterocycles. The molecule has 10 nitrogen and oxygen atoms in total. The standard InChI is InChI=1S/C26H29N7O3/c1-18(34)31-26(13-4-2-3-5-14-26)24-30-23(36-32-24)12-11-22(35)28-20-9-7-19(8-10-20)21-17-33-16-6-15-27-25(33)29-21/h6-10,15-17H,2-5,11-14H2,1H3,(H,28,35)(H,31,34). The molecule has 0 atom stereocenters. The van der Waals surface area contributed by atoms with E-state index < -0.39 is 5.54 Å². The third kappa shape index (κ3) is 5.27. The van der Waals surface area contributed by atoms with Crippen LogP contribution in [0.25, 0.3) is 17.0 Å². The van der Waals surface area contributed by atoms with E-state index in [4.69, 9.17) is 4.52 Å². The van der Waals surface area contributed by atoms with Crippen molar-refractivity contribution in [2.45, 2.75) is 63.8 Å². The van der Waals surface area contributed by atoms with Gasteiger partial charge in [0.1, 0.15) is 5.54 Å². The summed E-state index contributed by atoms with van der Waals surface area (Å²) in [6.45, 7) is 1.51. The Bertz CT molecular complexity index is 1320. The quantitative estimate of drug-likeness (QED) is 0.377. The van der Waals surface area contributed by atoms with Crippen LogP contribution in [0.3, 0.4) is 0 Å². The lowest BCUT2D eigenvalue weighted by Gasteiger charge is -2.30. The number of hydrogen-bond acceptors (Lipinski definition) is 7. The van der Waals surface area contributed by atoms with E-state index in [0.29, 0.717) is 29.6 Å². The van der Waals surface area contributed by atoms with Gasteiger partial charge in [-0.2, -0.15) is 4.98 Å². The van der Waals surface area contributed by atoms with E-state index in [1.165, 1.54) is 6.92 Å². The van der Waals surface area contributed by atoms with E-state index in [2.05, 4.69) is 30.7 Å².